The number of nitrogens with zero attached hydrogens (tertiary/aromatic N) is 3. The minimum atomic E-state index is 0.318. The number of pyridine rings is 1. The number of rotatable bonds is 0. The lowest BCUT2D eigenvalue weighted by molar-refractivity contribution is 1.09. The van der Waals surface area contributed by atoms with Crippen LogP contribution in [0.3, 0.4) is 0 Å². The molecule has 0 fully saturated rings. The number of nitrogens with two attached hydrogens (primary N) is 1. The average Bonchev–Trinajstić information content (AvgIpc) is 2.49. The molecule has 2 heterocycles. The molecule has 12 heavy (non-hydrogen) atoms. The topological polar surface area (TPSA) is 56.7 Å². The van der Waals surface area contributed by atoms with Crippen LogP contribution in [-0.2, 0) is 0 Å². The predicted molar refractivity (Wildman–Crippen MR) is 48.8 cm³/mol. The zero-order chi connectivity index (χ0) is 8.55. The molecule has 60 valence electrons. The number of hydrogen-bond donors (Lipinski definition) is 1. The van der Waals surface area contributed by atoms with E-state index in [9.17, 15) is 0 Å². The fourth-order valence-electron chi connectivity index (χ4n) is 0.987. The van der Waals surface area contributed by atoms with Crippen molar-refractivity contribution in [2.45, 2.75) is 0 Å². The molecule has 2 aliphatic heterocycles. The fraction of sp³-hybridized carbons (Fsp3) is 0. The summed E-state index contributed by atoms with van der Waals surface area (Å²) < 4.78 is 1.65. The Kier molecular flexibility index (Phi) is 1.51. The maximum atomic E-state index is 5.43. The summed E-state index contributed by atoms with van der Waals surface area (Å²) in [4.78, 5) is 0. The van der Waals surface area contributed by atoms with Gasteiger partial charge in [0.1, 0.15) is 0 Å². The molecule has 0 saturated heterocycles. The van der Waals surface area contributed by atoms with E-state index in [0.29, 0.717) is 5.11 Å². The third-order valence-electron chi connectivity index (χ3n) is 1.58. The van der Waals surface area contributed by atoms with Crippen molar-refractivity contribution in [1.29, 1.82) is 0 Å². The Morgan fingerprint density at radius 2 is 2.42 bits per heavy atom. The molecule has 0 atom stereocenters. The summed E-state index contributed by atoms with van der Waals surface area (Å²) in [6, 6.07) is 1.82. The molecule has 2 rings (SSSR count). The summed E-state index contributed by atoms with van der Waals surface area (Å²) in [6.45, 7) is 0. The zero-order valence-corrected chi connectivity index (χ0v) is 6.95. The van der Waals surface area contributed by atoms with Gasteiger partial charge in [0.25, 0.3) is 0 Å². The molecule has 0 bridgehead atoms. The molecule has 5 heteroatoms. The Labute approximate surface area is 74.4 Å². The van der Waals surface area contributed by atoms with Crippen molar-refractivity contribution < 1.29 is 0 Å². The van der Waals surface area contributed by atoms with Crippen LogP contribution in [0.5, 0.6) is 0 Å². The van der Waals surface area contributed by atoms with Gasteiger partial charge in [-0.3, -0.25) is 0 Å². The molecule has 0 spiro atoms. The van der Waals surface area contributed by atoms with E-state index in [1.54, 1.807) is 23.2 Å². The van der Waals surface area contributed by atoms with Gasteiger partial charge in [-0.2, -0.15) is 10.2 Å². The van der Waals surface area contributed by atoms with Crippen LogP contribution in [0.15, 0.2) is 24.7 Å². The highest BCUT2D eigenvalue weighted by atomic mass is 32.1. The van der Waals surface area contributed by atoms with Crippen molar-refractivity contribution >= 4 is 17.3 Å². The summed E-state index contributed by atoms with van der Waals surface area (Å²) in [7, 11) is 0. The third kappa shape index (κ3) is 1.04. The molecule has 0 aromatic carbocycles. The number of aromatic nitrogens is 3. The molecule has 0 saturated carbocycles. The van der Waals surface area contributed by atoms with Crippen LogP contribution in [0.1, 0.15) is 0 Å². The lowest BCUT2D eigenvalue weighted by Crippen LogP contribution is -2.18. The van der Waals surface area contributed by atoms with Crippen LogP contribution in [0, 0.1) is 0 Å². The smallest absolute Gasteiger partial charge is 0.174 e. The molecule has 0 aromatic rings. The van der Waals surface area contributed by atoms with E-state index in [2.05, 4.69) is 10.2 Å². The lowest BCUT2D eigenvalue weighted by Gasteiger charge is -2.03. The maximum absolute atomic E-state index is 5.43. The highest BCUT2D eigenvalue weighted by molar-refractivity contribution is 7.80. The first-order valence-electron chi connectivity index (χ1n) is 3.36. The zero-order valence-electron chi connectivity index (χ0n) is 6.14. The van der Waals surface area contributed by atoms with Gasteiger partial charge in [-0.1, -0.05) is 0 Å². The Morgan fingerprint density at radius 3 is 3.17 bits per heavy atom. The average molecular weight is 178 g/mol. The third-order valence-corrected chi connectivity index (χ3v) is 1.79. The minimum absolute atomic E-state index is 0.318. The van der Waals surface area contributed by atoms with Crippen molar-refractivity contribution in [3.05, 3.63) is 24.7 Å². The van der Waals surface area contributed by atoms with E-state index < -0.39 is 0 Å². The first-order valence-corrected chi connectivity index (χ1v) is 3.77. The number of fused-ring (bicyclic) bond motifs is 1. The first kappa shape index (κ1) is 7.17. The van der Waals surface area contributed by atoms with E-state index in [1.165, 1.54) is 0 Å². The van der Waals surface area contributed by atoms with Crippen LogP contribution in [0.4, 0.5) is 0 Å². The van der Waals surface area contributed by atoms with E-state index in [1.807, 2.05) is 6.07 Å². The molecular formula is C7H6N4S. The van der Waals surface area contributed by atoms with Crippen molar-refractivity contribution in [2.24, 2.45) is 5.73 Å². The second-order valence-corrected chi connectivity index (χ2v) is 2.79. The van der Waals surface area contributed by atoms with Crippen LogP contribution in [-0.4, -0.2) is 19.9 Å². The molecule has 0 radical (unpaired) electrons. The van der Waals surface area contributed by atoms with Crippen molar-refractivity contribution in [1.82, 2.24) is 14.8 Å². The SMILES string of the molecule is NC(=S)n1ccc2nncc-2c1. The second-order valence-electron chi connectivity index (χ2n) is 2.38. The van der Waals surface area contributed by atoms with Crippen LogP contribution < -0.4 is 5.73 Å². The van der Waals surface area contributed by atoms with Gasteiger partial charge in [0.15, 0.2) is 5.11 Å². The largest absolute Gasteiger partial charge is 0.376 e. The van der Waals surface area contributed by atoms with Crippen molar-refractivity contribution in [3.63, 3.8) is 0 Å². The maximum Gasteiger partial charge on any atom is 0.174 e. The van der Waals surface area contributed by atoms with Gasteiger partial charge < -0.3 is 10.3 Å². The van der Waals surface area contributed by atoms with Gasteiger partial charge >= 0.3 is 0 Å². The summed E-state index contributed by atoms with van der Waals surface area (Å²) >= 11 is 4.80. The highest BCUT2D eigenvalue weighted by Crippen LogP contribution is 2.15. The van der Waals surface area contributed by atoms with E-state index >= 15 is 0 Å². The Bertz CT molecular complexity index is 394. The molecule has 2 aliphatic rings. The molecule has 0 amide bonds. The normalized spacial score (nSPS) is 10.3. The lowest BCUT2D eigenvalue weighted by atomic mass is 10.2. The van der Waals surface area contributed by atoms with Crippen LogP contribution in [0.2, 0.25) is 0 Å². The molecule has 0 unspecified atom stereocenters. The van der Waals surface area contributed by atoms with E-state index in [-0.39, 0.29) is 0 Å². The molecule has 2 N–H and O–H groups in total. The minimum Gasteiger partial charge on any atom is -0.376 e. The number of hydrogen-bond acceptors (Lipinski definition) is 3. The van der Waals surface area contributed by atoms with E-state index in [0.717, 1.165) is 11.3 Å². The van der Waals surface area contributed by atoms with Gasteiger partial charge in [0, 0.05) is 18.0 Å². The highest BCUT2D eigenvalue weighted by Gasteiger charge is 2.04. The summed E-state index contributed by atoms with van der Waals surface area (Å²) in [5.41, 5.74) is 7.21. The fourth-order valence-corrected chi connectivity index (χ4v) is 1.10. The van der Waals surface area contributed by atoms with Gasteiger partial charge in [0.2, 0.25) is 0 Å². The molecular weight excluding hydrogens is 172 g/mol. The monoisotopic (exact) mass is 178 g/mol. The summed E-state index contributed by atoms with van der Waals surface area (Å²) in [6.07, 6.45) is 5.24. The summed E-state index contributed by atoms with van der Waals surface area (Å²) in [5.74, 6) is 0. The van der Waals surface area contributed by atoms with Gasteiger partial charge in [0.05, 0.1) is 11.9 Å². The predicted octanol–water partition coefficient (Wildman–Crippen LogP) is 0.475. The van der Waals surface area contributed by atoms with E-state index in [4.69, 9.17) is 18.0 Å². The molecule has 4 nitrogen and oxygen atoms in total. The summed E-state index contributed by atoms with van der Waals surface area (Å²) in [5, 5.41) is 7.94. The molecule has 0 aromatic heterocycles. The van der Waals surface area contributed by atoms with Gasteiger partial charge in [-0.15, -0.1) is 0 Å². The first-order chi connectivity index (χ1) is 5.77. The second kappa shape index (κ2) is 2.53. The van der Waals surface area contributed by atoms with Crippen molar-refractivity contribution in [2.75, 3.05) is 0 Å². The van der Waals surface area contributed by atoms with Crippen LogP contribution in [0.25, 0.3) is 11.3 Å². The standard InChI is InChI=1S/C7H6N4S/c8-7(12)11-2-1-6-5(4-11)3-9-10-6/h1-4H,(H2,8,12). The Morgan fingerprint density at radius 1 is 1.58 bits per heavy atom. The Hall–Kier alpha value is -1.49. The Balaban J connectivity index is 2.62. The molecule has 0 aliphatic carbocycles. The van der Waals surface area contributed by atoms with Gasteiger partial charge in [-0.05, 0) is 18.3 Å². The quantitative estimate of drug-likeness (QED) is 0.596. The number of thiocarbonyl (C=S) groups is 1. The van der Waals surface area contributed by atoms with Crippen LogP contribution >= 0.6 is 12.2 Å². The van der Waals surface area contributed by atoms with Crippen molar-refractivity contribution in [3.8, 4) is 11.3 Å². The van der Waals surface area contributed by atoms with Gasteiger partial charge in [-0.25, -0.2) is 0 Å².